The van der Waals surface area contributed by atoms with E-state index in [1.165, 1.54) is 12.8 Å². The Morgan fingerprint density at radius 3 is 3.22 bits per heavy atom. The summed E-state index contributed by atoms with van der Waals surface area (Å²) in [7, 11) is 1.64. The Balaban J connectivity index is 1.84. The molecule has 1 fully saturated rings. The number of hydrogen-bond acceptors (Lipinski definition) is 6. The molecule has 2 aromatic heterocycles. The Morgan fingerprint density at radius 1 is 1.50 bits per heavy atom. The number of nitrogens with zero attached hydrogens (tertiary/aromatic N) is 2. The van der Waals surface area contributed by atoms with Crippen LogP contribution in [0.3, 0.4) is 0 Å². The Kier molecular flexibility index (Phi) is 3.29. The van der Waals surface area contributed by atoms with E-state index in [0.29, 0.717) is 5.89 Å². The molecule has 3 rings (SSSR count). The van der Waals surface area contributed by atoms with Crippen LogP contribution >= 0.6 is 11.3 Å². The van der Waals surface area contributed by atoms with E-state index in [4.69, 9.17) is 9.26 Å². The monoisotopic (exact) mass is 265 g/mol. The van der Waals surface area contributed by atoms with Crippen molar-refractivity contribution in [1.82, 2.24) is 15.5 Å². The van der Waals surface area contributed by atoms with Gasteiger partial charge in [-0.25, -0.2) is 0 Å². The third-order valence-corrected chi connectivity index (χ3v) is 3.99. The quantitative estimate of drug-likeness (QED) is 0.924. The molecule has 1 aliphatic heterocycles. The molecular weight excluding hydrogens is 250 g/mol. The van der Waals surface area contributed by atoms with Gasteiger partial charge in [0.1, 0.15) is 10.6 Å². The second kappa shape index (κ2) is 5.07. The molecule has 5 nitrogen and oxygen atoms in total. The average molecular weight is 265 g/mol. The van der Waals surface area contributed by atoms with Crippen LogP contribution in [0, 0.1) is 0 Å². The zero-order valence-electron chi connectivity index (χ0n) is 10.2. The maximum atomic E-state index is 5.33. The van der Waals surface area contributed by atoms with E-state index in [-0.39, 0.29) is 6.04 Å². The summed E-state index contributed by atoms with van der Waals surface area (Å²) in [4.78, 5) is 5.37. The minimum atomic E-state index is 0.224. The highest BCUT2D eigenvalue weighted by molar-refractivity contribution is 7.13. The van der Waals surface area contributed by atoms with E-state index < -0.39 is 0 Å². The summed E-state index contributed by atoms with van der Waals surface area (Å²) in [5, 5.41) is 9.44. The number of rotatable bonds is 3. The van der Waals surface area contributed by atoms with Crippen LogP contribution in [0.4, 0.5) is 0 Å². The van der Waals surface area contributed by atoms with Crippen LogP contribution in [0.25, 0.3) is 10.8 Å². The minimum Gasteiger partial charge on any atom is -0.495 e. The fourth-order valence-corrected chi connectivity index (χ4v) is 2.93. The van der Waals surface area contributed by atoms with Crippen molar-refractivity contribution in [2.24, 2.45) is 0 Å². The van der Waals surface area contributed by atoms with Crippen LogP contribution in [0.1, 0.15) is 31.1 Å². The van der Waals surface area contributed by atoms with E-state index in [2.05, 4.69) is 15.5 Å². The molecule has 2 aromatic rings. The summed E-state index contributed by atoms with van der Waals surface area (Å²) in [5.74, 6) is 2.08. The van der Waals surface area contributed by atoms with Gasteiger partial charge in [-0.15, -0.1) is 11.3 Å². The SMILES string of the molecule is COc1ccsc1-c1nc(C2CCCCN2)no1. The van der Waals surface area contributed by atoms with Crippen molar-refractivity contribution in [3.8, 4) is 16.5 Å². The molecule has 1 atom stereocenters. The van der Waals surface area contributed by atoms with Gasteiger partial charge < -0.3 is 14.6 Å². The van der Waals surface area contributed by atoms with Crippen LogP contribution < -0.4 is 10.1 Å². The summed E-state index contributed by atoms with van der Waals surface area (Å²) < 4.78 is 10.6. The number of aromatic nitrogens is 2. The normalized spacial score (nSPS) is 19.9. The second-order valence-electron chi connectivity index (χ2n) is 4.28. The standard InChI is InChI=1S/C12H15N3O2S/c1-16-9-5-7-18-10(9)12-14-11(15-17-12)8-4-2-3-6-13-8/h5,7-8,13H,2-4,6H2,1H3. The largest absolute Gasteiger partial charge is 0.495 e. The first kappa shape index (κ1) is 11.7. The fraction of sp³-hybridized carbons (Fsp3) is 0.500. The molecule has 0 bridgehead atoms. The highest BCUT2D eigenvalue weighted by atomic mass is 32.1. The molecule has 3 heterocycles. The maximum absolute atomic E-state index is 5.33. The Bertz CT molecular complexity index is 517. The molecule has 6 heteroatoms. The summed E-state index contributed by atoms with van der Waals surface area (Å²) in [6.07, 6.45) is 3.50. The second-order valence-corrected chi connectivity index (χ2v) is 5.19. The molecule has 96 valence electrons. The van der Waals surface area contributed by atoms with Gasteiger partial charge in [-0.3, -0.25) is 0 Å². The molecular formula is C12H15N3O2S. The number of thiophene rings is 1. The Morgan fingerprint density at radius 2 is 2.44 bits per heavy atom. The van der Waals surface area contributed by atoms with E-state index in [1.54, 1.807) is 18.4 Å². The number of methoxy groups -OCH3 is 1. The Hall–Kier alpha value is -1.40. The predicted molar refractivity (Wildman–Crippen MR) is 68.8 cm³/mol. The molecule has 0 spiro atoms. The van der Waals surface area contributed by atoms with Gasteiger partial charge in [-0.2, -0.15) is 4.98 Å². The summed E-state index contributed by atoms with van der Waals surface area (Å²) in [6, 6.07) is 2.13. The van der Waals surface area contributed by atoms with Crippen molar-refractivity contribution in [2.45, 2.75) is 25.3 Å². The van der Waals surface area contributed by atoms with Gasteiger partial charge in [0, 0.05) is 0 Å². The molecule has 0 amide bonds. The van der Waals surface area contributed by atoms with Gasteiger partial charge in [-0.1, -0.05) is 11.6 Å². The predicted octanol–water partition coefficient (Wildman–Crippen LogP) is 2.62. The van der Waals surface area contributed by atoms with Crippen molar-refractivity contribution in [3.05, 3.63) is 17.3 Å². The van der Waals surface area contributed by atoms with Crippen molar-refractivity contribution in [1.29, 1.82) is 0 Å². The average Bonchev–Trinajstić information content (AvgIpc) is 3.08. The third-order valence-electron chi connectivity index (χ3n) is 3.11. The van der Waals surface area contributed by atoms with Crippen molar-refractivity contribution in [3.63, 3.8) is 0 Å². The maximum Gasteiger partial charge on any atom is 0.271 e. The molecule has 1 aliphatic rings. The smallest absolute Gasteiger partial charge is 0.271 e. The molecule has 18 heavy (non-hydrogen) atoms. The lowest BCUT2D eigenvalue weighted by Gasteiger charge is -2.19. The van der Waals surface area contributed by atoms with Gasteiger partial charge in [0.25, 0.3) is 5.89 Å². The van der Waals surface area contributed by atoms with Crippen LogP contribution in [-0.2, 0) is 0 Å². The van der Waals surface area contributed by atoms with Crippen molar-refractivity contribution >= 4 is 11.3 Å². The topological polar surface area (TPSA) is 60.2 Å². The number of hydrogen-bond donors (Lipinski definition) is 1. The summed E-state index contributed by atoms with van der Waals surface area (Å²) in [5.41, 5.74) is 0. The van der Waals surface area contributed by atoms with Gasteiger partial charge >= 0.3 is 0 Å². The number of nitrogens with one attached hydrogen (secondary N) is 1. The molecule has 0 saturated carbocycles. The zero-order valence-corrected chi connectivity index (χ0v) is 11.0. The van der Waals surface area contributed by atoms with E-state index in [9.17, 15) is 0 Å². The highest BCUT2D eigenvalue weighted by Crippen LogP contribution is 2.34. The van der Waals surface area contributed by atoms with Gasteiger partial charge in [0.15, 0.2) is 5.82 Å². The fourth-order valence-electron chi connectivity index (χ4n) is 2.15. The van der Waals surface area contributed by atoms with Gasteiger partial charge in [-0.05, 0) is 30.8 Å². The minimum absolute atomic E-state index is 0.224. The zero-order chi connectivity index (χ0) is 12.4. The van der Waals surface area contributed by atoms with Gasteiger partial charge in [0.05, 0.1) is 13.2 Å². The van der Waals surface area contributed by atoms with Crippen LogP contribution in [0.2, 0.25) is 0 Å². The summed E-state index contributed by atoms with van der Waals surface area (Å²) in [6.45, 7) is 1.02. The third kappa shape index (κ3) is 2.13. The first-order valence-electron chi connectivity index (χ1n) is 6.07. The summed E-state index contributed by atoms with van der Waals surface area (Å²) >= 11 is 1.55. The van der Waals surface area contributed by atoms with E-state index in [0.717, 1.165) is 29.4 Å². The molecule has 1 N–H and O–H groups in total. The molecule has 0 aliphatic carbocycles. The lowest BCUT2D eigenvalue weighted by molar-refractivity contribution is 0.366. The molecule has 1 saturated heterocycles. The molecule has 0 radical (unpaired) electrons. The van der Waals surface area contributed by atoms with Gasteiger partial charge in [0.2, 0.25) is 0 Å². The number of ether oxygens (including phenoxy) is 1. The molecule has 0 aromatic carbocycles. The van der Waals surface area contributed by atoms with Crippen LogP contribution in [0.15, 0.2) is 16.0 Å². The van der Waals surface area contributed by atoms with Crippen molar-refractivity contribution < 1.29 is 9.26 Å². The lowest BCUT2D eigenvalue weighted by Crippen LogP contribution is -2.27. The van der Waals surface area contributed by atoms with Crippen molar-refractivity contribution in [2.75, 3.05) is 13.7 Å². The van der Waals surface area contributed by atoms with E-state index in [1.807, 2.05) is 11.4 Å². The lowest BCUT2D eigenvalue weighted by atomic mass is 10.0. The van der Waals surface area contributed by atoms with Crippen LogP contribution in [-0.4, -0.2) is 23.8 Å². The first-order chi connectivity index (χ1) is 8.88. The Labute approximate surface area is 109 Å². The number of piperidine rings is 1. The van der Waals surface area contributed by atoms with Crippen LogP contribution in [0.5, 0.6) is 5.75 Å². The van der Waals surface area contributed by atoms with E-state index >= 15 is 0 Å². The molecule has 1 unspecified atom stereocenters. The first-order valence-corrected chi connectivity index (χ1v) is 6.95. The highest BCUT2D eigenvalue weighted by Gasteiger charge is 2.22.